The van der Waals surface area contributed by atoms with Gasteiger partial charge in [0.2, 0.25) is 5.16 Å². The van der Waals surface area contributed by atoms with Crippen LogP contribution in [0.3, 0.4) is 0 Å². The largest absolute Gasteiger partial charge is 0.421 e. The number of esters is 1. The van der Waals surface area contributed by atoms with Crippen molar-refractivity contribution in [2.75, 3.05) is 0 Å². The molecule has 7 nitrogen and oxygen atoms in total. The Balaban J connectivity index is 1.83. The molecule has 114 valence electrons. The molecule has 0 aliphatic rings. The lowest BCUT2D eigenvalue weighted by atomic mass is 10.1. The summed E-state index contributed by atoms with van der Waals surface area (Å²) in [5, 5.41) is 11.1. The fraction of sp³-hybridized carbons (Fsp3) is 0. The maximum Gasteiger partial charge on any atom is 0.385 e. The van der Waals surface area contributed by atoms with E-state index in [0.717, 1.165) is 0 Å². The molecule has 0 N–H and O–H groups in total. The van der Waals surface area contributed by atoms with E-state index in [0.29, 0.717) is 11.4 Å². The molecule has 0 radical (unpaired) electrons. The maximum absolute atomic E-state index is 12.2. The zero-order valence-corrected chi connectivity index (χ0v) is 12.6. The molecule has 8 heteroatoms. The Kier molecular flexibility index (Phi) is 4.15. The molecule has 0 bridgehead atoms. The Morgan fingerprint density at radius 1 is 1.04 bits per heavy atom. The fourth-order valence-corrected chi connectivity index (χ4v) is 2.08. The molecular weight excluding hydrogens is 316 g/mol. The number of nitrogens with zero attached hydrogens (tertiary/aromatic N) is 4. The standard InChI is InChI=1S/C15H10N4O3S/c20-13(14(21)22-12-7-2-1-3-8-12)10-5-4-6-11(9-10)19-15(23)16-17-18-19/h1-9H,(H,16,18,23). The number of ketones is 1. The van der Waals surface area contributed by atoms with Crippen molar-refractivity contribution in [3.05, 3.63) is 60.2 Å². The molecule has 0 saturated carbocycles. The molecule has 1 heterocycles. The molecule has 0 atom stereocenters. The number of tetrazole rings is 1. The van der Waals surface area contributed by atoms with Crippen LogP contribution >= 0.6 is 12.6 Å². The van der Waals surface area contributed by atoms with Crippen LogP contribution < -0.4 is 4.74 Å². The summed E-state index contributed by atoms with van der Waals surface area (Å²) in [6.45, 7) is 0. The van der Waals surface area contributed by atoms with E-state index >= 15 is 0 Å². The zero-order chi connectivity index (χ0) is 16.2. The predicted octanol–water partition coefficient (Wildman–Crippen LogP) is 1.74. The van der Waals surface area contributed by atoms with E-state index < -0.39 is 11.8 Å². The number of Topliss-reactive ketones (excluding diaryl/α,β-unsaturated/α-hetero) is 1. The highest BCUT2D eigenvalue weighted by Crippen LogP contribution is 2.15. The number of para-hydroxylation sites is 1. The molecular formula is C15H10N4O3S. The second-order valence-corrected chi connectivity index (χ2v) is 4.87. The Morgan fingerprint density at radius 3 is 2.52 bits per heavy atom. The zero-order valence-electron chi connectivity index (χ0n) is 11.7. The van der Waals surface area contributed by atoms with Crippen molar-refractivity contribution >= 4 is 24.4 Å². The molecule has 23 heavy (non-hydrogen) atoms. The minimum absolute atomic E-state index is 0.173. The second kappa shape index (κ2) is 6.41. The molecule has 1 aromatic heterocycles. The van der Waals surface area contributed by atoms with Gasteiger partial charge in [0.05, 0.1) is 5.69 Å². The summed E-state index contributed by atoms with van der Waals surface area (Å²) >= 11 is 4.10. The van der Waals surface area contributed by atoms with Crippen LogP contribution in [0.1, 0.15) is 10.4 Å². The van der Waals surface area contributed by atoms with Crippen molar-refractivity contribution in [1.29, 1.82) is 0 Å². The third kappa shape index (κ3) is 3.27. The predicted molar refractivity (Wildman–Crippen MR) is 82.8 cm³/mol. The molecule has 0 unspecified atom stereocenters. The first kappa shape index (κ1) is 14.9. The van der Waals surface area contributed by atoms with Gasteiger partial charge >= 0.3 is 5.97 Å². The van der Waals surface area contributed by atoms with E-state index in [2.05, 4.69) is 28.2 Å². The SMILES string of the molecule is O=C(Oc1ccccc1)C(=O)c1cccc(-n2nnnc2S)c1. The number of benzene rings is 2. The van der Waals surface area contributed by atoms with Crippen LogP contribution in [0.2, 0.25) is 0 Å². The molecule has 0 aliphatic heterocycles. The minimum atomic E-state index is -0.962. The van der Waals surface area contributed by atoms with Gasteiger partial charge in [0.25, 0.3) is 5.78 Å². The third-order valence-corrected chi connectivity index (χ3v) is 3.22. The lowest BCUT2D eigenvalue weighted by molar-refractivity contribution is -0.129. The van der Waals surface area contributed by atoms with Crippen LogP contribution in [0.4, 0.5) is 0 Å². The van der Waals surface area contributed by atoms with Crippen LogP contribution in [0, 0.1) is 0 Å². The fourth-order valence-electron chi connectivity index (χ4n) is 1.89. The number of hydrogen-bond acceptors (Lipinski definition) is 7. The average Bonchev–Trinajstić information content (AvgIpc) is 3.01. The van der Waals surface area contributed by atoms with Gasteiger partial charge in [-0.05, 0) is 34.7 Å². The van der Waals surface area contributed by atoms with Gasteiger partial charge in [-0.1, -0.05) is 30.3 Å². The number of carbonyl (C=O) groups excluding carboxylic acids is 2. The van der Waals surface area contributed by atoms with E-state index in [4.69, 9.17) is 4.74 Å². The first-order valence-electron chi connectivity index (χ1n) is 6.54. The summed E-state index contributed by atoms with van der Waals surface area (Å²) in [5.74, 6) is -1.42. The molecule has 3 rings (SSSR count). The van der Waals surface area contributed by atoms with E-state index in [9.17, 15) is 9.59 Å². The van der Waals surface area contributed by atoms with Gasteiger partial charge in [-0.2, -0.15) is 4.68 Å². The smallest absolute Gasteiger partial charge is 0.385 e. The van der Waals surface area contributed by atoms with Crippen molar-refractivity contribution < 1.29 is 14.3 Å². The van der Waals surface area contributed by atoms with Crippen LogP contribution in [0.15, 0.2) is 59.8 Å². The number of thiol groups is 1. The number of aromatic nitrogens is 4. The number of rotatable bonds is 4. The van der Waals surface area contributed by atoms with Crippen molar-refractivity contribution in [3.63, 3.8) is 0 Å². The topological polar surface area (TPSA) is 87.0 Å². The first-order chi connectivity index (χ1) is 11.1. The van der Waals surface area contributed by atoms with Crippen molar-refractivity contribution in [2.45, 2.75) is 5.16 Å². The summed E-state index contributed by atoms with van der Waals surface area (Å²) in [4.78, 5) is 24.1. The van der Waals surface area contributed by atoms with Gasteiger partial charge in [-0.15, -0.1) is 17.7 Å². The Labute approximate surface area is 136 Å². The van der Waals surface area contributed by atoms with E-state index in [1.54, 1.807) is 42.5 Å². The van der Waals surface area contributed by atoms with E-state index in [1.807, 2.05) is 0 Å². The van der Waals surface area contributed by atoms with Crippen LogP contribution in [-0.4, -0.2) is 32.0 Å². The van der Waals surface area contributed by atoms with Gasteiger partial charge in [0, 0.05) is 5.56 Å². The number of hydrogen-bond donors (Lipinski definition) is 1. The van der Waals surface area contributed by atoms with Gasteiger partial charge in [-0.25, -0.2) is 4.79 Å². The van der Waals surface area contributed by atoms with E-state index in [1.165, 1.54) is 16.8 Å². The highest BCUT2D eigenvalue weighted by molar-refractivity contribution is 7.80. The van der Waals surface area contributed by atoms with Crippen molar-refractivity contribution in [2.24, 2.45) is 0 Å². The van der Waals surface area contributed by atoms with Gasteiger partial charge in [0.1, 0.15) is 5.75 Å². The normalized spacial score (nSPS) is 10.3. The number of ether oxygens (including phenoxy) is 1. The number of carbonyl (C=O) groups is 2. The Hall–Kier alpha value is -3.00. The summed E-state index contributed by atoms with van der Waals surface area (Å²) in [7, 11) is 0. The van der Waals surface area contributed by atoms with Crippen LogP contribution in [0.5, 0.6) is 5.75 Å². The second-order valence-electron chi connectivity index (χ2n) is 4.47. The molecule has 3 aromatic rings. The van der Waals surface area contributed by atoms with E-state index in [-0.39, 0.29) is 10.7 Å². The monoisotopic (exact) mass is 326 g/mol. The lowest BCUT2D eigenvalue weighted by Gasteiger charge is -2.05. The summed E-state index contributed by atoms with van der Waals surface area (Å²) in [6.07, 6.45) is 0. The van der Waals surface area contributed by atoms with Crippen LogP contribution in [-0.2, 0) is 4.79 Å². The highest BCUT2D eigenvalue weighted by atomic mass is 32.1. The maximum atomic E-state index is 12.2. The average molecular weight is 326 g/mol. The highest BCUT2D eigenvalue weighted by Gasteiger charge is 2.19. The van der Waals surface area contributed by atoms with Gasteiger partial charge in [-0.3, -0.25) is 4.79 Å². The molecule has 0 saturated heterocycles. The Morgan fingerprint density at radius 2 is 1.83 bits per heavy atom. The lowest BCUT2D eigenvalue weighted by Crippen LogP contribution is -2.20. The molecule has 0 spiro atoms. The summed E-state index contributed by atoms with van der Waals surface area (Å²) in [6, 6.07) is 14.7. The van der Waals surface area contributed by atoms with Crippen LogP contribution in [0.25, 0.3) is 5.69 Å². The minimum Gasteiger partial charge on any atom is -0.421 e. The molecule has 0 fully saturated rings. The van der Waals surface area contributed by atoms with Gasteiger partial charge in [0.15, 0.2) is 0 Å². The Bertz CT molecular complexity index is 864. The van der Waals surface area contributed by atoms with Crippen molar-refractivity contribution in [1.82, 2.24) is 20.2 Å². The summed E-state index contributed by atoms with van der Waals surface area (Å²) in [5.41, 5.74) is 0.685. The quantitative estimate of drug-likeness (QED) is 0.258. The third-order valence-electron chi connectivity index (χ3n) is 2.95. The summed E-state index contributed by atoms with van der Waals surface area (Å²) < 4.78 is 6.37. The molecule has 0 aliphatic carbocycles. The van der Waals surface area contributed by atoms with Crippen molar-refractivity contribution in [3.8, 4) is 11.4 Å². The first-order valence-corrected chi connectivity index (χ1v) is 6.99. The van der Waals surface area contributed by atoms with Gasteiger partial charge < -0.3 is 4.74 Å². The molecule has 0 amide bonds. The molecule has 2 aromatic carbocycles.